The standard InChI is InChI=1S/C26H30BNO3/c1-25(2,3)17-7-13-23-21(15-17)22-16-18(26(4,5)6)8-14-24(22)28(23)19-9-11-20(12-10-19)31-27(29)30/h7-16,29-30H,1-6H3. The van der Waals surface area contributed by atoms with E-state index in [0.29, 0.717) is 5.75 Å². The van der Waals surface area contributed by atoms with Gasteiger partial charge in [0.1, 0.15) is 5.75 Å². The number of hydrogen-bond acceptors (Lipinski definition) is 3. The molecule has 4 nitrogen and oxygen atoms in total. The van der Waals surface area contributed by atoms with Gasteiger partial charge in [0.25, 0.3) is 0 Å². The van der Waals surface area contributed by atoms with E-state index in [-0.39, 0.29) is 10.8 Å². The molecular weight excluding hydrogens is 385 g/mol. The molecule has 0 saturated heterocycles. The lowest BCUT2D eigenvalue weighted by molar-refractivity contribution is 0.288. The first-order valence-corrected chi connectivity index (χ1v) is 10.7. The van der Waals surface area contributed by atoms with Gasteiger partial charge in [-0.05, 0) is 70.5 Å². The summed E-state index contributed by atoms with van der Waals surface area (Å²) in [5.74, 6) is 0.407. The van der Waals surface area contributed by atoms with Gasteiger partial charge in [-0.2, -0.15) is 0 Å². The summed E-state index contributed by atoms with van der Waals surface area (Å²) < 4.78 is 7.22. The lowest BCUT2D eigenvalue weighted by atomic mass is 9.85. The predicted octanol–water partition coefficient (Wildman–Crippen LogP) is 5.73. The largest absolute Gasteiger partial charge is 0.707 e. The smallest absolute Gasteiger partial charge is 0.512 e. The average molecular weight is 415 g/mol. The molecule has 4 aromatic rings. The summed E-state index contributed by atoms with van der Waals surface area (Å²) in [5, 5.41) is 20.6. The summed E-state index contributed by atoms with van der Waals surface area (Å²) in [6, 6.07) is 20.8. The first-order chi connectivity index (χ1) is 14.4. The van der Waals surface area contributed by atoms with E-state index in [9.17, 15) is 0 Å². The van der Waals surface area contributed by atoms with Crippen molar-refractivity contribution >= 4 is 29.1 Å². The van der Waals surface area contributed by atoms with E-state index in [1.165, 1.54) is 21.9 Å². The molecule has 0 unspecified atom stereocenters. The number of hydrogen-bond donors (Lipinski definition) is 2. The normalized spacial score (nSPS) is 12.5. The molecule has 31 heavy (non-hydrogen) atoms. The van der Waals surface area contributed by atoms with Crippen molar-refractivity contribution in [2.24, 2.45) is 0 Å². The van der Waals surface area contributed by atoms with E-state index in [1.54, 1.807) is 12.1 Å². The molecule has 0 spiro atoms. The second kappa shape index (κ2) is 7.43. The molecular formula is C26H30BNO3. The van der Waals surface area contributed by atoms with Crippen molar-refractivity contribution in [3.05, 3.63) is 71.8 Å². The van der Waals surface area contributed by atoms with Gasteiger partial charge < -0.3 is 19.3 Å². The molecule has 0 aliphatic carbocycles. The maximum absolute atomic E-state index is 9.05. The lowest BCUT2D eigenvalue weighted by Crippen LogP contribution is -2.20. The van der Waals surface area contributed by atoms with Crippen LogP contribution in [0.2, 0.25) is 0 Å². The van der Waals surface area contributed by atoms with Crippen LogP contribution in [-0.2, 0) is 10.8 Å². The van der Waals surface area contributed by atoms with Crippen LogP contribution in [0.15, 0.2) is 60.7 Å². The third kappa shape index (κ3) is 4.08. The molecule has 5 heteroatoms. The third-order valence-corrected chi connectivity index (χ3v) is 5.83. The number of aromatic nitrogens is 1. The first kappa shape index (κ1) is 21.5. The van der Waals surface area contributed by atoms with Gasteiger partial charge in [-0.3, -0.25) is 0 Å². The molecule has 4 rings (SSSR count). The van der Waals surface area contributed by atoms with Gasteiger partial charge >= 0.3 is 7.32 Å². The van der Waals surface area contributed by atoms with Crippen LogP contribution in [0, 0.1) is 0 Å². The van der Waals surface area contributed by atoms with Crippen LogP contribution in [0.1, 0.15) is 52.7 Å². The van der Waals surface area contributed by atoms with Crippen molar-refractivity contribution in [1.29, 1.82) is 0 Å². The van der Waals surface area contributed by atoms with E-state index in [4.69, 9.17) is 14.7 Å². The molecule has 1 heterocycles. The van der Waals surface area contributed by atoms with Gasteiger partial charge in [0.15, 0.2) is 0 Å². The van der Waals surface area contributed by atoms with Gasteiger partial charge in [0.2, 0.25) is 0 Å². The summed E-state index contributed by atoms with van der Waals surface area (Å²) in [5.41, 5.74) is 6.02. The maximum Gasteiger partial charge on any atom is 0.707 e. The zero-order chi connectivity index (χ0) is 22.6. The minimum Gasteiger partial charge on any atom is -0.512 e. The monoisotopic (exact) mass is 415 g/mol. The third-order valence-electron chi connectivity index (χ3n) is 5.83. The molecule has 160 valence electrons. The zero-order valence-electron chi connectivity index (χ0n) is 19.1. The topological polar surface area (TPSA) is 54.6 Å². The van der Waals surface area contributed by atoms with Gasteiger partial charge in [0.05, 0.1) is 11.0 Å². The summed E-state index contributed by atoms with van der Waals surface area (Å²) in [7, 11) is -1.83. The second-order valence-electron chi connectivity index (χ2n) is 10.2. The predicted molar refractivity (Wildman–Crippen MR) is 129 cm³/mol. The van der Waals surface area contributed by atoms with E-state index < -0.39 is 7.32 Å². The number of fused-ring (bicyclic) bond motifs is 3. The highest BCUT2D eigenvalue weighted by Gasteiger charge is 2.20. The van der Waals surface area contributed by atoms with E-state index in [1.807, 2.05) is 12.1 Å². The van der Waals surface area contributed by atoms with E-state index >= 15 is 0 Å². The van der Waals surface area contributed by atoms with Crippen LogP contribution in [0.5, 0.6) is 5.75 Å². The molecule has 3 aromatic carbocycles. The number of benzene rings is 3. The van der Waals surface area contributed by atoms with E-state index in [0.717, 1.165) is 16.7 Å². The minimum atomic E-state index is -1.83. The van der Waals surface area contributed by atoms with Crippen molar-refractivity contribution in [3.8, 4) is 11.4 Å². The molecule has 0 amide bonds. The van der Waals surface area contributed by atoms with Gasteiger partial charge in [-0.15, -0.1) is 0 Å². The van der Waals surface area contributed by atoms with Crippen LogP contribution in [0.4, 0.5) is 0 Å². The Morgan fingerprint density at radius 2 is 1.13 bits per heavy atom. The Balaban J connectivity index is 1.99. The molecule has 0 saturated carbocycles. The van der Waals surface area contributed by atoms with Crippen molar-refractivity contribution in [3.63, 3.8) is 0 Å². The Morgan fingerprint density at radius 3 is 1.52 bits per heavy atom. The Bertz CT molecular complexity index is 1170. The molecule has 0 radical (unpaired) electrons. The van der Waals surface area contributed by atoms with E-state index in [2.05, 4.69) is 82.5 Å². The highest BCUT2D eigenvalue weighted by molar-refractivity contribution is 6.33. The van der Waals surface area contributed by atoms with Crippen molar-refractivity contribution < 1.29 is 14.7 Å². The fraction of sp³-hybridized carbons (Fsp3) is 0.308. The quantitative estimate of drug-likeness (QED) is 0.421. The molecule has 0 aliphatic heterocycles. The lowest BCUT2D eigenvalue weighted by Gasteiger charge is -2.19. The zero-order valence-corrected chi connectivity index (χ0v) is 19.1. The van der Waals surface area contributed by atoms with Crippen LogP contribution >= 0.6 is 0 Å². The summed E-state index contributed by atoms with van der Waals surface area (Å²) in [6.45, 7) is 13.4. The SMILES string of the molecule is CC(C)(C)c1ccc2c(c1)c1cc(C(C)(C)C)ccc1n2-c1ccc(OB(O)O)cc1. The van der Waals surface area contributed by atoms with Gasteiger partial charge in [-0.1, -0.05) is 53.7 Å². The Morgan fingerprint density at radius 1 is 0.677 bits per heavy atom. The van der Waals surface area contributed by atoms with Crippen LogP contribution in [-0.4, -0.2) is 21.9 Å². The Labute approximate surface area is 184 Å². The van der Waals surface area contributed by atoms with Crippen molar-refractivity contribution in [2.45, 2.75) is 52.4 Å². The van der Waals surface area contributed by atoms with Crippen LogP contribution in [0.3, 0.4) is 0 Å². The minimum absolute atomic E-state index is 0.0639. The van der Waals surface area contributed by atoms with Gasteiger partial charge in [0, 0.05) is 16.5 Å². The molecule has 1 aromatic heterocycles. The fourth-order valence-corrected chi connectivity index (χ4v) is 4.03. The molecule has 0 bridgehead atoms. The highest BCUT2D eigenvalue weighted by atomic mass is 16.6. The summed E-state index contributed by atoms with van der Waals surface area (Å²) in [6.07, 6.45) is 0. The second-order valence-corrected chi connectivity index (χ2v) is 10.2. The molecule has 2 N–H and O–H groups in total. The van der Waals surface area contributed by atoms with Crippen LogP contribution in [0.25, 0.3) is 27.5 Å². The molecule has 0 fully saturated rings. The highest BCUT2D eigenvalue weighted by Crippen LogP contribution is 2.37. The number of rotatable bonds is 3. The summed E-state index contributed by atoms with van der Waals surface area (Å²) in [4.78, 5) is 0. The van der Waals surface area contributed by atoms with Crippen LogP contribution < -0.4 is 4.65 Å². The summed E-state index contributed by atoms with van der Waals surface area (Å²) >= 11 is 0. The average Bonchev–Trinajstić information content (AvgIpc) is 3.00. The number of nitrogens with zero attached hydrogens (tertiary/aromatic N) is 1. The first-order valence-electron chi connectivity index (χ1n) is 10.7. The van der Waals surface area contributed by atoms with Crippen molar-refractivity contribution in [1.82, 2.24) is 4.57 Å². The fourth-order valence-electron chi connectivity index (χ4n) is 4.03. The molecule has 0 aliphatic rings. The Hall–Kier alpha value is -2.76. The van der Waals surface area contributed by atoms with Gasteiger partial charge in [-0.25, -0.2) is 0 Å². The molecule has 0 atom stereocenters. The van der Waals surface area contributed by atoms with Crippen molar-refractivity contribution in [2.75, 3.05) is 0 Å². The Kier molecular flexibility index (Phi) is 5.15. The maximum atomic E-state index is 9.05.